The Morgan fingerprint density at radius 3 is 1.79 bits per heavy atom. The van der Waals surface area contributed by atoms with E-state index < -0.39 is 0 Å². The zero-order valence-electron chi connectivity index (χ0n) is 25.7. The molecule has 0 fully saturated rings. The summed E-state index contributed by atoms with van der Waals surface area (Å²) in [6, 6.07) is 54.0. The average Bonchev–Trinajstić information content (AvgIpc) is 3.72. The molecule has 0 bridgehead atoms. The van der Waals surface area contributed by atoms with Crippen LogP contribution in [0.1, 0.15) is 0 Å². The molecule has 6 aromatic carbocycles. The van der Waals surface area contributed by atoms with Crippen LogP contribution in [0.15, 0.2) is 164 Å². The molecule has 0 radical (unpaired) electrons. The predicted molar refractivity (Wildman–Crippen MR) is 189 cm³/mol. The van der Waals surface area contributed by atoms with Crippen LogP contribution in [0.4, 0.5) is 0 Å². The van der Waals surface area contributed by atoms with Gasteiger partial charge in [-0.2, -0.15) is 0 Å². The third-order valence-electron chi connectivity index (χ3n) is 8.74. The average molecular weight is 787 g/mol. The van der Waals surface area contributed by atoms with Crippen molar-refractivity contribution in [2.24, 2.45) is 7.05 Å². The number of fused-ring (bicyclic) bond motifs is 1. The Bertz CT molecular complexity index is 2350. The van der Waals surface area contributed by atoms with Gasteiger partial charge in [0.25, 0.3) is 0 Å². The summed E-state index contributed by atoms with van der Waals surface area (Å²) in [7, 11) is 2.08. The van der Waals surface area contributed by atoms with Crippen molar-refractivity contribution < 1.29 is 19.4 Å². The number of para-hydroxylation sites is 1. The van der Waals surface area contributed by atoms with Gasteiger partial charge in [-0.05, 0) is 6.07 Å². The third-order valence-corrected chi connectivity index (χ3v) is 10.1. The van der Waals surface area contributed by atoms with Gasteiger partial charge >= 0.3 is 268 Å². The number of nitrogens with zero attached hydrogens (tertiary/aromatic N) is 5. The SMILES string of the molecule is Cn1ccn(-c2cccc(B(c3cccc(-n4nnc5ccccc54)c3)c3c(-c4ccccc4)cccc3-c3ccccc3)c2)[c]1=[Pt]. The van der Waals surface area contributed by atoms with Crippen LogP contribution in [0, 0.1) is 3.80 Å². The summed E-state index contributed by atoms with van der Waals surface area (Å²) < 4.78 is 7.45. The predicted octanol–water partition coefficient (Wildman–Crippen LogP) is 6.48. The minimum absolute atomic E-state index is 0.0986. The molecule has 5 nitrogen and oxygen atoms in total. The molecule has 2 heterocycles. The maximum atomic E-state index is 4.57. The van der Waals surface area contributed by atoms with E-state index in [4.69, 9.17) is 0 Å². The number of rotatable bonds is 7. The molecular weight excluding hydrogens is 756 g/mol. The van der Waals surface area contributed by atoms with Crippen molar-refractivity contribution in [1.82, 2.24) is 24.1 Å². The van der Waals surface area contributed by atoms with Crippen molar-refractivity contribution in [2.75, 3.05) is 0 Å². The first-order valence-corrected chi connectivity index (χ1v) is 16.7. The van der Waals surface area contributed by atoms with Crippen molar-refractivity contribution in [3.8, 4) is 33.6 Å². The molecule has 8 rings (SSSR count). The first-order valence-electron chi connectivity index (χ1n) is 15.6. The Kier molecular flexibility index (Phi) is 7.72. The number of imidazole rings is 1. The van der Waals surface area contributed by atoms with E-state index in [-0.39, 0.29) is 6.71 Å². The van der Waals surface area contributed by atoms with Gasteiger partial charge in [0.15, 0.2) is 0 Å². The Balaban J connectivity index is 1.42. The Labute approximate surface area is 284 Å². The molecule has 0 unspecified atom stereocenters. The summed E-state index contributed by atoms with van der Waals surface area (Å²) in [5.74, 6) is 0. The van der Waals surface area contributed by atoms with E-state index in [0.29, 0.717) is 0 Å². The Hall–Kier alpha value is -5.32. The van der Waals surface area contributed by atoms with Crippen molar-refractivity contribution in [1.29, 1.82) is 0 Å². The molecule has 0 aliphatic heterocycles. The van der Waals surface area contributed by atoms with E-state index in [9.17, 15) is 0 Å². The number of benzene rings is 6. The van der Waals surface area contributed by atoms with Crippen LogP contribution in [-0.2, 0) is 26.4 Å². The monoisotopic (exact) mass is 786 g/mol. The summed E-state index contributed by atoms with van der Waals surface area (Å²) in [6.07, 6.45) is 4.22. The standard InChI is InChI=1S/C40H30BN5.Pt/c1-44-25-26-45(29-44)34-19-10-17-32(27-34)41(33-18-11-20-35(28-33)46-39-24-9-8-23-38(39)42-43-46)40-36(30-13-4-2-5-14-30)21-12-22-37(40)31-15-6-3-7-16-31;/h2-28H,1H3;. The molecule has 228 valence electrons. The molecule has 0 amide bonds. The second-order valence-electron chi connectivity index (χ2n) is 11.6. The molecule has 0 N–H and O–H groups in total. The van der Waals surface area contributed by atoms with Crippen molar-refractivity contribution >= 4 is 34.1 Å². The van der Waals surface area contributed by atoms with Gasteiger partial charge in [-0.3, -0.25) is 0 Å². The molecule has 0 aliphatic carbocycles. The summed E-state index contributed by atoms with van der Waals surface area (Å²) in [6.45, 7) is -0.0986. The fourth-order valence-corrected chi connectivity index (χ4v) is 7.16. The second kappa shape index (κ2) is 12.5. The third kappa shape index (κ3) is 5.45. The fraction of sp³-hybridized carbons (Fsp3) is 0.0250. The summed E-state index contributed by atoms with van der Waals surface area (Å²) in [4.78, 5) is 0. The van der Waals surface area contributed by atoms with Gasteiger partial charge in [-0.25, -0.2) is 0 Å². The van der Waals surface area contributed by atoms with Gasteiger partial charge in [0.05, 0.1) is 0 Å². The van der Waals surface area contributed by atoms with Gasteiger partial charge in [0.1, 0.15) is 0 Å². The van der Waals surface area contributed by atoms with Crippen LogP contribution in [0.5, 0.6) is 0 Å². The van der Waals surface area contributed by atoms with Crippen molar-refractivity contribution in [3.05, 3.63) is 168 Å². The molecule has 8 aromatic rings. The van der Waals surface area contributed by atoms with E-state index >= 15 is 0 Å². The van der Waals surface area contributed by atoms with Crippen molar-refractivity contribution in [2.45, 2.75) is 0 Å². The molecule has 0 atom stereocenters. The molecule has 47 heavy (non-hydrogen) atoms. The second-order valence-corrected chi connectivity index (χ2v) is 12.6. The quantitative estimate of drug-likeness (QED) is 0.174. The van der Waals surface area contributed by atoms with Crippen LogP contribution in [0.3, 0.4) is 0 Å². The van der Waals surface area contributed by atoms with E-state index in [1.54, 1.807) is 0 Å². The van der Waals surface area contributed by atoms with Crippen molar-refractivity contribution in [3.63, 3.8) is 0 Å². The van der Waals surface area contributed by atoms with Crippen LogP contribution in [0.2, 0.25) is 0 Å². The van der Waals surface area contributed by atoms with Crippen LogP contribution < -0.4 is 16.4 Å². The van der Waals surface area contributed by atoms with Gasteiger partial charge in [-0.1, -0.05) is 12.1 Å². The zero-order valence-corrected chi connectivity index (χ0v) is 28.0. The van der Waals surface area contributed by atoms with Gasteiger partial charge in [-0.15, -0.1) is 0 Å². The summed E-state index contributed by atoms with van der Waals surface area (Å²) >= 11 is 2.39. The Morgan fingerprint density at radius 2 is 1.15 bits per heavy atom. The van der Waals surface area contributed by atoms with E-state index in [2.05, 4.69) is 192 Å². The van der Waals surface area contributed by atoms with E-state index in [1.165, 1.54) is 38.6 Å². The number of aryl methyl sites for hydroxylation is 1. The molecule has 0 spiro atoms. The molecule has 0 aliphatic rings. The minimum atomic E-state index is -0.0986. The summed E-state index contributed by atoms with van der Waals surface area (Å²) in [5.41, 5.74) is 12.4. The molecule has 0 saturated carbocycles. The molecule has 7 heteroatoms. The normalized spacial score (nSPS) is 11.2. The van der Waals surface area contributed by atoms with E-state index in [0.717, 1.165) is 26.2 Å². The van der Waals surface area contributed by atoms with E-state index in [1.807, 2.05) is 22.9 Å². The number of hydrogen-bond donors (Lipinski definition) is 0. The van der Waals surface area contributed by atoms with Gasteiger partial charge in [0.2, 0.25) is 0 Å². The number of aromatic nitrogens is 5. The Morgan fingerprint density at radius 1 is 0.574 bits per heavy atom. The maximum absolute atomic E-state index is 4.57. The molecule has 0 saturated heterocycles. The first-order chi connectivity index (χ1) is 23.2. The van der Waals surface area contributed by atoms with Gasteiger partial charge in [0, 0.05) is 0 Å². The van der Waals surface area contributed by atoms with Crippen LogP contribution in [0.25, 0.3) is 44.7 Å². The van der Waals surface area contributed by atoms with Crippen LogP contribution >= 0.6 is 0 Å². The first kappa shape index (κ1) is 29.1. The van der Waals surface area contributed by atoms with Gasteiger partial charge < -0.3 is 0 Å². The fourth-order valence-electron chi connectivity index (χ4n) is 6.53. The zero-order chi connectivity index (χ0) is 31.7. The van der Waals surface area contributed by atoms with Crippen LogP contribution in [-0.4, -0.2) is 30.8 Å². The molecular formula is C40H30BN5Pt. The number of hydrogen-bond acceptors (Lipinski definition) is 2. The topological polar surface area (TPSA) is 40.6 Å². The molecule has 2 aromatic heterocycles. The summed E-state index contributed by atoms with van der Waals surface area (Å²) in [5, 5.41) is 9.02.